The van der Waals surface area contributed by atoms with Crippen LogP contribution in [0.4, 0.5) is 0 Å². The number of sulfone groups is 1. The third kappa shape index (κ3) is 3.19. The van der Waals surface area contributed by atoms with Crippen LogP contribution in [-0.2, 0) is 9.84 Å². The summed E-state index contributed by atoms with van der Waals surface area (Å²) in [6, 6.07) is 0.324. The molecular weight excluding hydrogens is 212 g/mol. The zero-order chi connectivity index (χ0) is 10.7. The molecule has 86 valence electrons. The molecule has 4 nitrogen and oxygen atoms in total. The Labute approximate surface area is 91.1 Å². The molecule has 0 atom stereocenters. The third-order valence-corrected chi connectivity index (χ3v) is 4.77. The summed E-state index contributed by atoms with van der Waals surface area (Å²) in [6.07, 6.45) is 4.90. The molecule has 0 aromatic carbocycles. The van der Waals surface area contributed by atoms with Gasteiger partial charge in [-0.05, 0) is 25.7 Å². The molecule has 0 spiro atoms. The Bertz CT molecular complexity index is 334. The first-order chi connectivity index (χ1) is 7.16. The minimum Gasteiger partial charge on any atom is -0.371 e. The topological polar surface area (TPSA) is 58.5 Å². The van der Waals surface area contributed by atoms with Crippen LogP contribution in [0.3, 0.4) is 0 Å². The smallest absolute Gasteiger partial charge is 0.150 e. The lowest BCUT2D eigenvalue weighted by Crippen LogP contribution is -2.41. The highest BCUT2D eigenvalue weighted by Crippen LogP contribution is 2.13. The predicted molar refractivity (Wildman–Crippen MR) is 61.0 cm³/mol. The molecule has 0 aliphatic carbocycles. The lowest BCUT2D eigenvalue weighted by molar-refractivity contribution is 0.514. The van der Waals surface area contributed by atoms with Crippen molar-refractivity contribution in [3.05, 3.63) is 0 Å². The van der Waals surface area contributed by atoms with Crippen LogP contribution in [0.2, 0.25) is 0 Å². The maximum absolute atomic E-state index is 11.2. The lowest BCUT2D eigenvalue weighted by Gasteiger charge is -2.25. The highest BCUT2D eigenvalue weighted by atomic mass is 32.2. The first kappa shape index (κ1) is 10.9. The van der Waals surface area contributed by atoms with Crippen LogP contribution in [0.5, 0.6) is 0 Å². The summed E-state index contributed by atoms with van der Waals surface area (Å²) in [4.78, 5) is 4.42. The second kappa shape index (κ2) is 4.51. The molecule has 0 radical (unpaired) electrons. The molecule has 2 heterocycles. The van der Waals surface area contributed by atoms with Crippen molar-refractivity contribution < 1.29 is 8.42 Å². The van der Waals surface area contributed by atoms with E-state index in [-0.39, 0.29) is 0 Å². The largest absolute Gasteiger partial charge is 0.371 e. The minimum absolute atomic E-state index is 0.324. The Balaban J connectivity index is 1.84. The molecule has 15 heavy (non-hydrogen) atoms. The SMILES string of the molecule is O=S1(=O)CCC(NC2=NCCCC2)CC1. The van der Waals surface area contributed by atoms with E-state index in [1.54, 1.807) is 0 Å². The number of aliphatic imine (C=N–C) groups is 1. The van der Waals surface area contributed by atoms with Gasteiger partial charge in [0.15, 0.2) is 0 Å². The summed E-state index contributed by atoms with van der Waals surface area (Å²) in [7, 11) is -2.74. The van der Waals surface area contributed by atoms with Gasteiger partial charge < -0.3 is 5.32 Å². The van der Waals surface area contributed by atoms with Gasteiger partial charge in [0.05, 0.1) is 17.3 Å². The fourth-order valence-electron chi connectivity index (χ4n) is 2.09. The number of nitrogens with zero attached hydrogens (tertiary/aromatic N) is 1. The van der Waals surface area contributed by atoms with E-state index in [9.17, 15) is 8.42 Å². The van der Waals surface area contributed by atoms with Gasteiger partial charge in [-0.1, -0.05) is 0 Å². The van der Waals surface area contributed by atoms with Crippen molar-refractivity contribution in [3.63, 3.8) is 0 Å². The van der Waals surface area contributed by atoms with Crippen LogP contribution in [-0.4, -0.2) is 38.3 Å². The molecule has 2 aliphatic heterocycles. The number of hydrogen-bond donors (Lipinski definition) is 1. The number of hydrogen-bond acceptors (Lipinski definition) is 4. The van der Waals surface area contributed by atoms with E-state index in [0.29, 0.717) is 17.5 Å². The average Bonchev–Trinajstić information content (AvgIpc) is 2.23. The predicted octanol–water partition coefficient (Wildman–Crippen LogP) is 0.736. The zero-order valence-electron chi connectivity index (χ0n) is 8.91. The van der Waals surface area contributed by atoms with Crippen molar-refractivity contribution in [2.24, 2.45) is 4.99 Å². The molecule has 0 amide bonds. The van der Waals surface area contributed by atoms with Gasteiger partial charge in [-0.2, -0.15) is 0 Å². The summed E-state index contributed by atoms with van der Waals surface area (Å²) < 4.78 is 22.5. The first-order valence-electron chi connectivity index (χ1n) is 5.66. The Morgan fingerprint density at radius 3 is 2.53 bits per heavy atom. The van der Waals surface area contributed by atoms with E-state index in [0.717, 1.165) is 31.6 Å². The highest BCUT2D eigenvalue weighted by Gasteiger charge is 2.24. The molecular formula is C10H18N2O2S. The van der Waals surface area contributed by atoms with Crippen molar-refractivity contribution in [3.8, 4) is 0 Å². The molecule has 0 aromatic heterocycles. The van der Waals surface area contributed by atoms with Gasteiger partial charge in [0, 0.05) is 19.0 Å². The van der Waals surface area contributed by atoms with Crippen LogP contribution in [0, 0.1) is 0 Å². The summed E-state index contributed by atoms with van der Waals surface area (Å²) in [5, 5.41) is 3.38. The Morgan fingerprint density at radius 1 is 1.20 bits per heavy atom. The molecule has 0 bridgehead atoms. The van der Waals surface area contributed by atoms with Crippen LogP contribution in [0.1, 0.15) is 32.1 Å². The van der Waals surface area contributed by atoms with Gasteiger partial charge in [-0.3, -0.25) is 4.99 Å². The molecule has 0 unspecified atom stereocenters. The normalized spacial score (nSPS) is 27.1. The molecule has 2 rings (SSSR count). The summed E-state index contributed by atoms with van der Waals surface area (Å²) >= 11 is 0. The molecule has 1 fully saturated rings. The zero-order valence-corrected chi connectivity index (χ0v) is 9.72. The van der Waals surface area contributed by atoms with Crippen LogP contribution < -0.4 is 5.32 Å². The molecule has 0 saturated carbocycles. The van der Waals surface area contributed by atoms with E-state index in [1.807, 2.05) is 0 Å². The van der Waals surface area contributed by atoms with E-state index in [4.69, 9.17) is 0 Å². The molecule has 1 saturated heterocycles. The van der Waals surface area contributed by atoms with Crippen molar-refractivity contribution in [1.82, 2.24) is 5.32 Å². The van der Waals surface area contributed by atoms with Gasteiger partial charge >= 0.3 is 0 Å². The van der Waals surface area contributed by atoms with E-state index in [1.165, 1.54) is 12.8 Å². The van der Waals surface area contributed by atoms with Crippen molar-refractivity contribution >= 4 is 15.7 Å². The standard InChI is InChI=1S/C10H18N2O2S/c13-15(14)7-4-9(5-8-15)12-10-3-1-2-6-11-10/h9H,1-8H2,(H,11,12). The number of rotatable bonds is 1. The van der Waals surface area contributed by atoms with E-state index in [2.05, 4.69) is 10.3 Å². The van der Waals surface area contributed by atoms with Gasteiger partial charge in [0.1, 0.15) is 9.84 Å². The van der Waals surface area contributed by atoms with Crippen molar-refractivity contribution in [2.45, 2.75) is 38.1 Å². The first-order valence-corrected chi connectivity index (χ1v) is 7.48. The summed E-state index contributed by atoms with van der Waals surface area (Å²) in [5.41, 5.74) is 0. The molecule has 1 N–H and O–H groups in total. The Morgan fingerprint density at radius 2 is 1.93 bits per heavy atom. The Hall–Kier alpha value is -0.580. The summed E-state index contributed by atoms with van der Waals surface area (Å²) in [5.74, 6) is 1.75. The molecule has 2 aliphatic rings. The third-order valence-electron chi connectivity index (χ3n) is 3.05. The van der Waals surface area contributed by atoms with Gasteiger partial charge in [0.25, 0.3) is 0 Å². The maximum Gasteiger partial charge on any atom is 0.150 e. The van der Waals surface area contributed by atoms with Gasteiger partial charge in [-0.25, -0.2) is 8.42 Å². The lowest BCUT2D eigenvalue weighted by atomic mass is 10.1. The number of nitrogens with one attached hydrogen (secondary N) is 1. The maximum atomic E-state index is 11.2. The average molecular weight is 230 g/mol. The highest BCUT2D eigenvalue weighted by molar-refractivity contribution is 7.91. The quantitative estimate of drug-likeness (QED) is 0.722. The van der Waals surface area contributed by atoms with Gasteiger partial charge in [-0.15, -0.1) is 0 Å². The van der Waals surface area contributed by atoms with Gasteiger partial charge in [0.2, 0.25) is 0 Å². The van der Waals surface area contributed by atoms with E-state index >= 15 is 0 Å². The summed E-state index contributed by atoms with van der Waals surface area (Å²) in [6.45, 7) is 0.924. The minimum atomic E-state index is -2.74. The van der Waals surface area contributed by atoms with Crippen molar-refractivity contribution in [1.29, 1.82) is 0 Å². The fourth-order valence-corrected chi connectivity index (χ4v) is 3.58. The Kier molecular flexibility index (Phi) is 3.29. The van der Waals surface area contributed by atoms with Crippen LogP contribution >= 0.6 is 0 Å². The second-order valence-electron chi connectivity index (χ2n) is 4.36. The van der Waals surface area contributed by atoms with E-state index < -0.39 is 9.84 Å². The van der Waals surface area contributed by atoms with Crippen molar-refractivity contribution in [2.75, 3.05) is 18.1 Å². The van der Waals surface area contributed by atoms with Crippen LogP contribution in [0.15, 0.2) is 4.99 Å². The second-order valence-corrected chi connectivity index (χ2v) is 6.66. The monoisotopic (exact) mass is 230 g/mol. The molecule has 5 heteroatoms. The molecule has 0 aromatic rings. The van der Waals surface area contributed by atoms with Crippen LogP contribution in [0.25, 0.3) is 0 Å². The fraction of sp³-hybridized carbons (Fsp3) is 0.900. The number of amidine groups is 1.